The highest BCUT2D eigenvalue weighted by molar-refractivity contribution is 5.80. The van der Waals surface area contributed by atoms with E-state index in [0.29, 0.717) is 19.8 Å². The molecule has 0 bridgehead atoms. The minimum Gasteiger partial charge on any atom is -0.486 e. The second kappa shape index (κ2) is 9.60. The highest BCUT2D eigenvalue weighted by Gasteiger charge is 2.25. The summed E-state index contributed by atoms with van der Waals surface area (Å²) in [4.78, 5) is 9.76. The van der Waals surface area contributed by atoms with Crippen molar-refractivity contribution in [3.8, 4) is 11.5 Å². The fourth-order valence-electron chi connectivity index (χ4n) is 3.92. The van der Waals surface area contributed by atoms with Gasteiger partial charge in [-0.2, -0.15) is 0 Å². The monoisotopic (exact) mass is 427 g/mol. The van der Waals surface area contributed by atoms with E-state index in [0.717, 1.165) is 62.4 Å². The number of aromatic nitrogens is 1. The first kappa shape index (κ1) is 21.5. The molecule has 168 valence electrons. The van der Waals surface area contributed by atoms with Crippen LogP contribution in [0.15, 0.2) is 40.0 Å². The van der Waals surface area contributed by atoms with Gasteiger partial charge in [-0.3, -0.25) is 9.89 Å². The van der Waals surface area contributed by atoms with Gasteiger partial charge in [-0.05, 0) is 24.6 Å². The number of benzene rings is 1. The lowest BCUT2D eigenvalue weighted by molar-refractivity contribution is 0.169. The predicted octanol–water partition coefficient (Wildman–Crippen LogP) is 2.51. The zero-order valence-corrected chi connectivity index (χ0v) is 18.8. The molecule has 1 aromatic carbocycles. The molecular formula is C23H33N5O3. The number of nitrogens with zero attached hydrogens (tertiary/aromatic N) is 4. The Morgan fingerprint density at radius 2 is 1.87 bits per heavy atom. The van der Waals surface area contributed by atoms with Crippen LogP contribution in [0, 0.1) is 0 Å². The maximum absolute atomic E-state index is 5.77. The molecule has 0 atom stereocenters. The Balaban J connectivity index is 1.39. The Labute approximate surface area is 184 Å². The zero-order valence-electron chi connectivity index (χ0n) is 18.8. The first-order valence-corrected chi connectivity index (χ1v) is 11.1. The molecule has 0 amide bonds. The molecule has 8 heteroatoms. The number of piperazine rings is 1. The number of aliphatic imine (C=N–C) groups is 1. The van der Waals surface area contributed by atoms with Crippen LogP contribution in [-0.2, 0) is 12.0 Å². The van der Waals surface area contributed by atoms with E-state index >= 15 is 0 Å². The molecule has 3 heterocycles. The standard InChI is InChI=1S/C23H33N5O3/c1-4-24-22(28-10-8-27(9-11-28)16-19-7-12-31-26-19)25-17-23(2,3)18-5-6-20-21(15-18)30-14-13-29-20/h5-7,12,15H,4,8-11,13-14,16-17H2,1-3H3,(H,24,25). The molecule has 4 rings (SSSR count). The topological polar surface area (TPSA) is 75.4 Å². The maximum Gasteiger partial charge on any atom is 0.194 e. The molecule has 0 aliphatic carbocycles. The minimum atomic E-state index is -0.120. The van der Waals surface area contributed by atoms with E-state index in [9.17, 15) is 0 Å². The Kier molecular flexibility index (Phi) is 6.65. The van der Waals surface area contributed by atoms with E-state index in [1.807, 2.05) is 12.1 Å². The van der Waals surface area contributed by atoms with Gasteiger partial charge in [0.25, 0.3) is 0 Å². The molecule has 1 saturated heterocycles. The molecule has 2 aliphatic heterocycles. The largest absolute Gasteiger partial charge is 0.486 e. The quantitative estimate of drug-likeness (QED) is 0.561. The van der Waals surface area contributed by atoms with Crippen LogP contribution in [0.3, 0.4) is 0 Å². The van der Waals surface area contributed by atoms with E-state index in [4.69, 9.17) is 19.0 Å². The van der Waals surface area contributed by atoms with Crippen LogP contribution in [0.4, 0.5) is 0 Å². The molecule has 1 N–H and O–H groups in total. The summed E-state index contributed by atoms with van der Waals surface area (Å²) in [6.45, 7) is 14.0. The average molecular weight is 428 g/mol. The summed E-state index contributed by atoms with van der Waals surface area (Å²) in [6, 6.07) is 8.16. The molecule has 0 radical (unpaired) electrons. The first-order valence-electron chi connectivity index (χ1n) is 11.1. The summed E-state index contributed by atoms with van der Waals surface area (Å²) in [5.41, 5.74) is 2.06. The zero-order chi connectivity index (χ0) is 21.7. The van der Waals surface area contributed by atoms with Crippen molar-refractivity contribution in [3.63, 3.8) is 0 Å². The number of hydrogen-bond acceptors (Lipinski definition) is 6. The maximum atomic E-state index is 5.77. The normalized spacial score (nSPS) is 17.6. The van der Waals surface area contributed by atoms with Crippen molar-refractivity contribution in [2.75, 3.05) is 52.5 Å². The molecule has 2 aliphatic rings. The van der Waals surface area contributed by atoms with Gasteiger partial charge in [0.05, 0.1) is 12.2 Å². The first-order chi connectivity index (χ1) is 15.0. The Hall–Kier alpha value is -2.74. The van der Waals surface area contributed by atoms with Gasteiger partial charge >= 0.3 is 0 Å². The van der Waals surface area contributed by atoms with E-state index < -0.39 is 0 Å². The molecular weight excluding hydrogens is 394 g/mol. The fraction of sp³-hybridized carbons (Fsp3) is 0.565. The lowest BCUT2D eigenvalue weighted by Gasteiger charge is -2.36. The molecule has 0 unspecified atom stereocenters. The van der Waals surface area contributed by atoms with Gasteiger partial charge in [-0.25, -0.2) is 0 Å². The van der Waals surface area contributed by atoms with Crippen molar-refractivity contribution < 1.29 is 14.0 Å². The van der Waals surface area contributed by atoms with Crippen LogP contribution in [0.1, 0.15) is 32.0 Å². The predicted molar refractivity (Wildman–Crippen MR) is 120 cm³/mol. The highest BCUT2D eigenvalue weighted by Crippen LogP contribution is 2.35. The lowest BCUT2D eigenvalue weighted by Crippen LogP contribution is -2.52. The van der Waals surface area contributed by atoms with Crippen LogP contribution >= 0.6 is 0 Å². The van der Waals surface area contributed by atoms with Gasteiger partial charge in [0.1, 0.15) is 19.5 Å². The average Bonchev–Trinajstić information content (AvgIpc) is 3.30. The summed E-state index contributed by atoms with van der Waals surface area (Å²) in [6.07, 6.45) is 1.63. The van der Waals surface area contributed by atoms with E-state index in [2.05, 4.69) is 53.2 Å². The Bertz CT molecular complexity index is 873. The highest BCUT2D eigenvalue weighted by atomic mass is 16.6. The number of fused-ring (bicyclic) bond motifs is 1. The third kappa shape index (κ3) is 5.31. The molecule has 1 fully saturated rings. The third-order valence-electron chi connectivity index (χ3n) is 5.83. The Morgan fingerprint density at radius 1 is 1.10 bits per heavy atom. The number of hydrogen-bond donors (Lipinski definition) is 1. The van der Waals surface area contributed by atoms with E-state index in [-0.39, 0.29) is 5.41 Å². The number of guanidine groups is 1. The number of ether oxygens (including phenoxy) is 2. The van der Waals surface area contributed by atoms with Gasteiger partial charge in [0, 0.05) is 50.7 Å². The summed E-state index contributed by atoms with van der Waals surface area (Å²) in [7, 11) is 0. The van der Waals surface area contributed by atoms with Crippen molar-refractivity contribution in [3.05, 3.63) is 41.8 Å². The van der Waals surface area contributed by atoms with Gasteiger partial charge in [-0.15, -0.1) is 0 Å². The lowest BCUT2D eigenvalue weighted by atomic mass is 9.84. The number of nitrogens with one attached hydrogen (secondary N) is 1. The van der Waals surface area contributed by atoms with Crippen molar-refractivity contribution in [2.45, 2.75) is 32.7 Å². The van der Waals surface area contributed by atoms with Crippen LogP contribution in [-0.4, -0.2) is 73.4 Å². The van der Waals surface area contributed by atoms with Crippen LogP contribution in [0.25, 0.3) is 0 Å². The summed E-state index contributed by atoms with van der Waals surface area (Å²) >= 11 is 0. The van der Waals surface area contributed by atoms with Gasteiger partial charge in [0.15, 0.2) is 17.5 Å². The number of rotatable bonds is 6. The second-order valence-corrected chi connectivity index (χ2v) is 8.67. The molecule has 31 heavy (non-hydrogen) atoms. The van der Waals surface area contributed by atoms with Gasteiger partial charge < -0.3 is 24.2 Å². The minimum absolute atomic E-state index is 0.120. The van der Waals surface area contributed by atoms with Crippen molar-refractivity contribution in [1.82, 2.24) is 20.3 Å². The summed E-state index contributed by atoms with van der Waals surface area (Å²) in [5.74, 6) is 2.64. The molecule has 2 aromatic rings. The van der Waals surface area contributed by atoms with Crippen LogP contribution in [0.2, 0.25) is 0 Å². The van der Waals surface area contributed by atoms with Gasteiger partial charge in [-0.1, -0.05) is 25.1 Å². The molecule has 0 saturated carbocycles. The summed E-state index contributed by atoms with van der Waals surface area (Å²) < 4.78 is 16.4. The van der Waals surface area contributed by atoms with Crippen LogP contribution in [0.5, 0.6) is 11.5 Å². The SMILES string of the molecule is CCNC(=NCC(C)(C)c1ccc2c(c1)OCCO2)N1CCN(Cc2ccon2)CC1. The van der Waals surface area contributed by atoms with Crippen molar-refractivity contribution in [1.29, 1.82) is 0 Å². The van der Waals surface area contributed by atoms with E-state index in [1.54, 1.807) is 6.26 Å². The molecule has 0 spiro atoms. The van der Waals surface area contributed by atoms with Crippen molar-refractivity contribution >= 4 is 5.96 Å². The second-order valence-electron chi connectivity index (χ2n) is 8.67. The van der Waals surface area contributed by atoms with Gasteiger partial charge in [0.2, 0.25) is 0 Å². The summed E-state index contributed by atoms with van der Waals surface area (Å²) in [5, 5.41) is 7.49. The smallest absolute Gasteiger partial charge is 0.194 e. The van der Waals surface area contributed by atoms with E-state index in [1.165, 1.54) is 5.56 Å². The third-order valence-corrected chi connectivity index (χ3v) is 5.83. The molecule has 1 aromatic heterocycles. The fourth-order valence-corrected chi connectivity index (χ4v) is 3.92. The van der Waals surface area contributed by atoms with Crippen molar-refractivity contribution in [2.24, 2.45) is 4.99 Å². The Morgan fingerprint density at radius 3 is 2.58 bits per heavy atom. The van der Waals surface area contributed by atoms with Crippen LogP contribution < -0.4 is 14.8 Å². The molecule has 8 nitrogen and oxygen atoms in total.